The number of hydrogen-bond donors (Lipinski definition) is 0. The molecule has 7 heteroatoms. The van der Waals surface area contributed by atoms with E-state index in [0.717, 1.165) is 62.5 Å². The summed E-state index contributed by atoms with van der Waals surface area (Å²) in [6.07, 6.45) is 8.44. The minimum Gasteiger partial charge on any atom is -0.341 e. The van der Waals surface area contributed by atoms with Crippen molar-refractivity contribution in [3.8, 4) is 0 Å². The van der Waals surface area contributed by atoms with Crippen LogP contribution in [0.2, 0.25) is 0 Å². The molecule has 4 heterocycles. The molecule has 0 N–H and O–H groups in total. The van der Waals surface area contributed by atoms with Crippen LogP contribution in [0, 0.1) is 0 Å². The lowest BCUT2D eigenvalue weighted by Crippen LogP contribution is -2.46. The zero-order valence-corrected chi connectivity index (χ0v) is 17.8. The maximum absolute atomic E-state index is 12.9. The van der Waals surface area contributed by atoms with Crippen LogP contribution in [0.3, 0.4) is 0 Å². The molecule has 2 saturated heterocycles. The molecule has 4 rings (SSSR count). The minimum atomic E-state index is 0.101. The van der Waals surface area contributed by atoms with Crippen molar-refractivity contribution >= 4 is 11.8 Å². The predicted octanol–water partition coefficient (Wildman–Crippen LogP) is 1.96. The van der Waals surface area contributed by atoms with Crippen LogP contribution in [0.5, 0.6) is 0 Å². The van der Waals surface area contributed by atoms with Crippen molar-refractivity contribution in [1.29, 1.82) is 0 Å². The first-order valence-electron chi connectivity index (χ1n) is 11.2. The molecule has 3 aliphatic rings. The number of nitrogens with zero attached hydrogens (tertiary/aromatic N) is 5. The summed E-state index contributed by atoms with van der Waals surface area (Å²) in [5, 5.41) is 0. The molecule has 2 amide bonds. The number of piperidine rings is 1. The van der Waals surface area contributed by atoms with Gasteiger partial charge in [-0.25, -0.2) is 9.97 Å². The van der Waals surface area contributed by atoms with Gasteiger partial charge in [0.1, 0.15) is 5.82 Å². The van der Waals surface area contributed by atoms with E-state index in [1.807, 2.05) is 16.0 Å². The summed E-state index contributed by atoms with van der Waals surface area (Å²) in [5.41, 5.74) is 2.12. The summed E-state index contributed by atoms with van der Waals surface area (Å²) in [6.45, 7) is 8.29. The first-order valence-corrected chi connectivity index (χ1v) is 11.2. The minimum absolute atomic E-state index is 0.101. The van der Waals surface area contributed by atoms with Gasteiger partial charge in [0.15, 0.2) is 0 Å². The van der Waals surface area contributed by atoms with Crippen molar-refractivity contribution in [2.75, 3.05) is 32.7 Å². The van der Waals surface area contributed by atoms with Gasteiger partial charge in [0.25, 0.3) is 0 Å². The molecule has 0 saturated carbocycles. The molecule has 0 aliphatic carbocycles. The van der Waals surface area contributed by atoms with E-state index in [4.69, 9.17) is 4.98 Å². The summed E-state index contributed by atoms with van der Waals surface area (Å²) in [7, 11) is 0. The highest BCUT2D eigenvalue weighted by Crippen LogP contribution is 2.27. The number of likely N-dealkylation sites (tertiary alicyclic amines) is 2. The normalized spacial score (nSPS) is 25.2. The maximum Gasteiger partial charge on any atom is 0.236 e. The fraction of sp³-hybridized carbons (Fsp3) is 0.727. The topological polar surface area (TPSA) is 69.6 Å². The monoisotopic (exact) mass is 399 g/mol. The van der Waals surface area contributed by atoms with Crippen molar-refractivity contribution in [1.82, 2.24) is 24.7 Å². The molecule has 0 aromatic carbocycles. The van der Waals surface area contributed by atoms with Crippen LogP contribution in [0.1, 0.15) is 69.0 Å². The molecule has 2 atom stereocenters. The van der Waals surface area contributed by atoms with E-state index in [2.05, 4.69) is 16.8 Å². The molecule has 29 heavy (non-hydrogen) atoms. The van der Waals surface area contributed by atoms with Gasteiger partial charge in [-0.05, 0) is 32.2 Å². The third-order valence-corrected chi connectivity index (χ3v) is 6.86. The smallest absolute Gasteiger partial charge is 0.236 e. The second-order valence-corrected chi connectivity index (χ2v) is 8.74. The lowest BCUT2D eigenvalue weighted by Gasteiger charge is -2.35. The summed E-state index contributed by atoms with van der Waals surface area (Å²) in [5.74, 6) is 1.43. The molecule has 1 aromatic rings. The molecule has 158 valence electrons. The third kappa shape index (κ3) is 4.44. The molecule has 0 bridgehead atoms. The Hall–Kier alpha value is -2.02. The zero-order chi connectivity index (χ0) is 20.4. The van der Waals surface area contributed by atoms with Crippen LogP contribution >= 0.6 is 0 Å². The van der Waals surface area contributed by atoms with E-state index in [-0.39, 0.29) is 17.7 Å². The lowest BCUT2D eigenvalue weighted by molar-refractivity contribution is -0.132. The van der Waals surface area contributed by atoms with Crippen molar-refractivity contribution in [2.24, 2.45) is 0 Å². The molecule has 0 radical (unpaired) electrons. The highest BCUT2D eigenvalue weighted by atomic mass is 16.2. The molecule has 0 unspecified atom stereocenters. The van der Waals surface area contributed by atoms with Crippen LogP contribution in [0.15, 0.2) is 6.20 Å². The van der Waals surface area contributed by atoms with Crippen LogP contribution in [-0.2, 0) is 22.6 Å². The first-order chi connectivity index (χ1) is 14.0. The Morgan fingerprint density at radius 1 is 1.14 bits per heavy atom. The Balaban J connectivity index is 1.36. The molecule has 3 aliphatic heterocycles. The maximum atomic E-state index is 12.9. The van der Waals surface area contributed by atoms with E-state index < -0.39 is 0 Å². The largest absolute Gasteiger partial charge is 0.341 e. The van der Waals surface area contributed by atoms with Crippen LogP contribution in [-0.4, -0.2) is 75.2 Å². The van der Waals surface area contributed by atoms with Crippen LogP contribution in [0.4, 0.5) is 0 Å². The van der Waals surface area contributed by atoms with Crippen molar-refractivity contribution in [3.63, 3.8) is 0 Å². The zero-order valence-electron chi connectivity index (χ0n) is 17.8. The SMILES string of the molecule is CC[C@@H]1CCCCN1CC(=O)N1CC[C@@H](c2ncc3c(n2)CCN(C(C)=O)C3)C1. The number of carbonyl (C=O) groups is 2. The van der Waals surface area contributed by atoms with Gasteiger partial charge >= 0.3 is 0 Å². The molecule has 0 spiro atoms. The molecule has 2 fully saturated rings. The average Bonchev–Trinajstić information content (AvgIpc) is 3.24. The molecular formula is C22H33N5O2. The Labute approximate surface area is 173 Å². The van der Waals surface area contributed by atoms with E-state index in [1.54, 1.807) is 6.92 Å². The van der Waals surface area contributed by atoms with Gasteiger partial charge in [0.05, 0.1) is 12.2 Å². The Morgan fingerprint density at radius 3 is 2.79 bits per heavy atom. The highest BCUT2D eigenvalue weighted by Gasteiger charge is 2.32. The van der Waals surface area contributed by atoms with Crippen LogP contribution in [0.25, 0.3) is 0 Å². The van der Waals surface area contributed by atoms with Gasteiger partial charge < -0.3 is 9.80 Å². The summed E-state index contributed by atoms with van der Waals surface area (Å²) < 4.78 is 0. The lowest BCUT2D eigenvalue weighted by atomic mass is 10.00. The summed E-state index contributed by atoms with van der Waals surface area (Å²) >= 11 is 0. The van der Waals surface area contributed by atoms with E-state index in [9.17, 15) is 9.59 Å². The van der Waals surface area contributed by atoms with Gasteiger partial charge in [0, 0.05) is 63.2 Å². The van der Waals surface area contributed by atoms with E-state index in [0.29, 0.717) is 19.1 Å². The van der Waals surface area contributed by atoms with Crippen LogP contribution < -0.4 is 0 Å². The van der Waals surface area contributed by atoms with E-state index in [1.165, 1.54) is 19.3 Å². The number of amides is 2. The Bertz CT molecular complexity index is 768. The number of carbonyl (C=O) groups excluding carboxylic acids is 2. The Kier molecular flexibility index (Phi) is 6.13. The quantitative estimate of drug-likeness (QED) is 0.774. The highest BCUT2D eigenvalue weighted by molar-refractivity contribution is 5.78. The Morgan fingerprint density at radius 2 is 2.00 bits per heavy atom. The molecular weight excluding hydrogens is 366 g/mol. The second kappa shape index (κ2) is 8.78. The van der Waals surface area contributed by atoms with Crippen molar-refractivity contribution < 1.29 is 9.59 Å². The van der Waals surface area contributed by atoms with Gasteiger partial charge in [-0.3, -0.25) is 14.5 Å². The third-order valence-electron chi connectivity index (χ3n) is 6.86. The number of rotatable bonds is 4. The fourth-order valence-corrected chi connectivity index (χ4v) is 5.00. The second-order valence-electron chi connectivity index (χ2n) is 8.74. The van der Waals surface area contributed by atoms with Crippen molar-refractivity contribution in [3.05, 3.63) is 23.3 Å². The molecule has 1 aromatic heterocycles. The molecule has 7 nitrogen and oxygen atoms in total. The summed E-state index contributed by atoms with van der Waals surface area (Å²) in [6, 6.07) is 0.560. The first kappa shape index (κ1) is 20.3. The van der Waals surface area contributed by atoms with Gasteiger partial charge in [-0.15, -0.1) is 0 Å². The van der Waals surface area contributed by atoms with Gasteiger partial charge in [-0.1, -0.05) is 13.3 Å². The predicted molar refractivity (Wildman–Crippen MR) is 110 cm³/mol. The standard InChI is InChI=1S/C22H33N5O2/c1-3-19-6-4-5-9-26(19)15-21(29)27-10-7-17(13-27)22-23-12-18-14-25(16(2)28)11-8-20(18)24-22/h12,17,19H,3-11,13-15H2,1-2H3/t17-,19-/m1/s1. The number of hydrogen-bond acceptors (Lipinski definition) is 5. The van der Waals surface area contributed by atoms with Gasteiger partial charge in [0.2, 0.25) is 11.8 Å². The number of aromatic nitrogens is 2. The number of fused-ring (bicyclic) bond motifs is 1. The average molecular weight is 400 g/mol. The summed E-state index contributed by atoms with van der Waals surface area (Å²) in [4.78, 5) is 40.2. The van der Waals surface area contributed by atoms with E-state index >= 15 is 0 Å². The van der Waals surface area contributed by atoms with Gasteiger partial charge in [-0.2, -0.15) is 0 Å². The van der Waals surface area contributed by atoms with Crippen molar-refractivity contribution in [2.45, 2.75) is 70.9 Å². The fourth-order valence-electron chi connectivity index (χ4n) is 5.00.